The van der Waals surface area contributed by atoms with Crippen LogP contribution in [0.5, 0.6) is 5.75 Å². The molecule has 0 aromatic heterocycles. The van der Waals surface area contributed by atoms with E-state index in [1.165, 1.54) is 12.1 Å². The molecule has 1 heterocycles. The molecule has 0 bridgehead atoms. The van der Waals surface area contributed by atoms with Gasteiger partial charge in [-0.05, 0) is 36.6 Å². The molecule has 0 spiro atoms. The average molecular weight is 329 g/mol. The first-order valence-corrected chi connectivity index (χ1v) is 7.98. The summed E-state index contributed by atoms with van der Waals surface area (Å²) in [5.74, 6) is -0.439. The molecule has 0 aliphatic carbocycles. The van der Waals surface area contributed by atoms with Gasteiger partial charge in [0.05, 0.1) is 13.2 Å². The van der Waals surface area contributed by atoms with Crippen LogP contribution in [-0.2, 0) is 4.79 Å². The Morgan fingerprint density at radius 1 is 1.25 bits per heavy atom. The minimum Gasteiger partial charge on any atom is -0.496 e. The van der Waals surface area contributed by atoms with Crippen molar-refractivity contribution in [2.45, 2.75) is 24.9 Å². The molecule has 24 heavy (non-hydrogen) atoms. The van der Waals surface area contributed by atoms with Crippen LogP contribution in [0.2, 0.25) is 0 Å². The van der Waals surface area contributed by atoms with Crippen molar-refractivity contribution in [3.8, 4) is 5.75 Å². The largest absolute Gasteiger partial charge is 0.496 e. The lowest BCUT2D eigenvalue weighted by Crippen LogP contribution is -2.39. The highest BCUT2D eigenvalue weighted by atomic mass is 19.1. The van der Waals surface area contributed by atoms with Crippen molar-refractivity contribution in [1.82, 2.24) is 4.90 Å². The van der Waals surface area contributed by atoms with Gasteiger partial charge in [0.15, 0.2) is 0 Å². The Hall–Kier alpha value is -2.40. The van der Waals surface area contributed by atoms with Gasteiger partial charge in [-0.15, -0.1) is 0 Å². The summed E-state index contributed by atoms with van der Waals surface area (Å²) in [6.45, 7) is 0.678. The summed E-state index contributed by atoms with van der Waals surface area (Å²) < 4.78 is 18.8. The molecular formula is C19H20FNO3. The van der Waals surface area contributed by atoms with E-state index in [1.807, 2.05) is 29.2 Å². The minimum absolute atomic E-state index is 0.287. The molecular weight excluding hydrogens is 309 g/mol. The van der Waals surface area contributed by atoms with Crippen molar-refractivity contribution in [3.63, 3.8) is 0 Å². The highest BCUT2D eigenvalue weighted by Crippen LogP contribution is 2.38. The van der Waals surface area contributed by atoms with Crippen molar-refractivity contribution < 1.29 is 19.0 Å². The molecule has 0 saturated carbocycles. The molecule has 1 aliphatic rings. The lowest BCUT2D eigenvalue weighted by Gasteiger charge is -2.32. The zero-order valence-electron chi connectivity index (χ0n) is 13.5. The molecule has 0 radical (unpaired) electrons. The van der Waals surface area contributed by atoms with E-state index in [1.54, 1.807) is 19.2 Å². The fraction of sp³-hybridized carbons (Fsp3) is 0.316. The van der Waals surface area contributed by atoms with Crippen LogP contribution in [0.3, 0.4) is 0 Å². The van der Waals surface area contributed by atoms with E-state index in [9.17, 15) is 14.3 Å². The van der Waals surface area contributed by atoms with Crippen LogP contribution in [0.1, 0.15) is 30.0 Å². The number of aliphatic carboxylic acids is 1. The summed E-state index contributed by atoms with van der Waals surface area (Å²) in [5, 5.41) is 9.56. The van der Waals surface area contributed by atoms with E-state index in [-0.39, 0.29) is 11.9 Å². The van der Waals surface area contributed by atoms with Gasteiger partial charge in [-0.3, -0.25) is 9.69 Å². The van der Waals surface area contributed by atoms with Crippen LogP contribution in [0.15, 0.2) is 48.5 Å². The number of ether oxygens (including phenoxy) is 1. The van der Waals surface area contributed by atoms with Gasteiger partial charge in [0, 0.05) is 12.1 Å². The van der Waals surface area contributed by atoms with Gasteiger partial charge in [-0.25, -0.2) is 4.39 Å². The molecule has 2 aromatic rings. The van der Waals surface area contributed by atoms with Crippen LogP contribution >= 0.6 is 0 Å². The second-order valence-corrected chi connectivity index (χ2v) is 5.93. The molecule has 2 unspecified atom stereocenters. The van der Waals surface area contributed by atoms with Crippen molar-refractivity contribution >= 4 is 5.97 Å². The first-order valence-electron chi connectivity index (χ1n) is 7.98. The Morgan fingerprint density at radius 2 is 1.96 bits per heavy atom. The average Bonchev–Trinajstić information content (AvgIpc) is 3.07. The number of methoxy groups -OCH3 is 1. The molecule has 1 aliphatic heterocycles. The van der Waals surface area contributed by atoms with Crippen LogP contribution in [0, 0.1) is 5.82 Å². The van der Waals surface area contributed by atoms with Crippen molar-refractivity contribution in [2.24, 2.45) is 0 Å². The van der Waals surface area contributed by atoms with E-state index in [2.05, 4.69) is 0 Å². The predicted octanol–water partition coefficient (Wildman–Crippen LogP) is 3.47. The number of halogens is 1. The number of likely N-dealkylation sites (tertiary alicyclic amines) is 1. The molecule has 0 amide bonds. The first kappa shape index (κ1) is 16.5. The Labute approximate surface area is 140 Å². The van der Waals surface area contributed by atoms with Crippen LogP contribution < -0.4 is 4.74 Å². The number of carbonyl (C=O) groups is 1. The molecule has 3 rings (SSSR count). The fourth-order valence-electron chi connectivity index (χ4n) is 3.45. The van der Waals surface area contributed by atoms with Crippen molar-refractivity contribution in [1.29, 1.82) is 0 Å². The van der Waals surface area contributed by atoms with Crippen LogP contribution in [-0.4, -0.2) is 35.7 Å². The summed E-state index contributed by atoms with van der Waals surface area (Å²) in [7, 11) is 1.60. The van der Waals surface area contributed by atoms with Gasteiger partial charge in [0.2, 0.25) is 0 Å². The summed E-state index contributed by atoms with van der Waals surface area (Å²) in [6, 6.07) is 13.0. The minimum atomic E-state index is -0.825. The Bertz CT molecular complexity index is 717. The van der Waals surface area contributed by atoms with Gasteiger partial charge in [-0.1, -0.05) is 30.3 Å². The molecule has 5 heteroatoms. The zero-order chi connectivity index (χ0) is 17.1. The summed E-state index contributed by atoms with van der Waals surface area (Å²) >= 11 is 0. The van der Waals surface area contributed by atoms with Gasteiger partial charge in [0.25, 0.3) is 0 Å². The lowest BCUT2D eigenvalue weighted by molar-refractivity contribution is -0.142. The number of nitrogens with zero attached hydrogens (tertiary/aromatic N) is 1. The summed E-state index contributed by atoms with van der Waals surface area (Å²) in [6.07, 6.45) is 1.44. The number of carboxylic acid groups (broad SMARTS) is 1. The second-order valence-electron chi connectivity index (χ2n) is 5.93. The van der Waals surface area contributed by atoms with Gasteiger partial charge < -0.3 is 9.84 Å². The molecule has 2 aromatic carbocycles. The topological polar surface area (TPSA) is 49.8 Å². The fourth-order valence-corrected chi connectivity index (χ4v) is 3.45. The normalized spacial score (nSPS) is 19.2. The molecule has 1 fully saturated rings. The van der Waals surface area contributed by atoms with E-state index >= 15 is 0 Å². The predicted molar refractivity (Wildman–Crippen MR) is 88.6 cm³/mol. The van der Waals surface area contributed by atoms with E-state index in [4.69, 9.17) is 4.74 Å². The number of rotatable bonds is 5. The maximum Gasteiger partial charge on any atom is 0.320 e. The Morgan fingerprint density at radius 3 is 2.62 bits per heavy atom. The number of para-hydroxylation sites is 1. The van der Waals surface area contributed by atoms with Crippen molar-refractivity contribution in [3.05, 3.63) is 65.5 Å². The lowest BCUT2D eigenvalue weighted by atomic mass is 9.95. The summed E-state index contributed by atoms with van der Waals surface area (Å²) in [4.78, 5) is 13.6. The number of hydrogen-bond acceptors (Lipinski definition) is 3. The number of hydrogen-bond donors (Lipinski definition) is 1. The van der Waals surface area contributed by atoms with Gasteiger partial charge in [-0.2, -0.15) is 0 Å². The third-order valence-electron chi connectivity index (χ3n) is 4.53. The Kier molecular flexibility index (Phi) is 4.81. The first-order chi connectivity index (χ1) is 11.6. The Balaban J connectivity index is 2.10. The molecule has 1 saturated heterocycles. The molecule has 126 valence electrons. The highest BCUT2D eigenvalue weighted by Gasteiger charge is 2.37. The maximum atomic E-state index is 13.3. The quantitative estimate of drug-likeness (QED) is 0.912. The van der Waals surface area contributed by atoms with E-state index < -0.39 is 12.0 Å². The van der Waals surface area contributed by atoms with E-state index in [0.29, 0.717) is 18.7 Å². The van der Waals surface area contributed by atoms with Crippen LogP contribution in [0.4, 0.5) is 4.39 Å². The van der Waals surface area contributed by atoms with Gasteiger partial charge >= 0.3 is 5.97 Å². The summed E-state index contributed by atoms with van der Waals surface area (Å²) in [5.41, 5.74) is 1.74. The number of benzene rings is 2. The molecule has 1 N–H and O–H groups in total. The standard InChI is InChI=1S/C19H20FNO3/c1-24-17-7-3-2-5-15(17)18(13-8-10-14(20)11-9-13)21-12-4-6-16(21)19(22)23/h2-3,5,7-11,16,18H,4,6,12H2,1H3,(H,22,23). The van der Waals surface area contributed by atoms with Gasteiger partial charge in [0.1, 0.15) is 17.6 Å². The highest BCUT2D eigenvalue weighted by molar-refractivity contribution is 5.74. The monoisotopic (exact) mass is 329 g/mol. The third-order valence-corrected chi connectivity index (χ3v) is 4.53. The SMILES string of the molecule is COc1ccccc1C(c1ccc(F)cc1)N1CCCC1C(=O)O. The third kappa shape index (κ3) is 3.12. The number of carboxylic acids is 1. The smallest absolute Gasteiger partial charge is 0.320 e. The van der Waals surface area contributed by atoms with Crippen molar-refractivity contribution in [2.75, 3.05) is 13.7 Å². The second kappa shape index (κ2) is 7.01. The van der Waals surface area contributed by atoms with Crippen LogP contribution in [0.25, 0.3) is 0 Å². The van der Waals surface area contributed by atoms with E-state index in [0.717, 1.165) is 17.5 Å². The molecule has 2 atom stereocenters. The maximum absolute atomic E-state index is 13.3. The zero-order valence-corrected chi connectivity index (χ0v) is 13.5. The molecule has 4 nitrogen and oxygen atoms in total.